The number of benzene rings is 1. The van der Waals surface area contributed by atoms with E-state index in [1.54, 1.807) is 0 Å². The fourth-order valence-electron chi connectivity index (χ4n) is 3.44. The number of rotatable bonds is 4. The Hall–Kier alpha value is -3.00. The zero-order valence-corrected chi connectivity index (χ0v) is 15.8. The minimum absolute atomic E-state index is 0.0428. The summed E-state index contributed by atoms with van der Waals surface area (Å²) in [4.78, 5) is 23.5. The Kier molecular flexibility index (Phi) is 4.49. The number of carbonyl (C=O) groups is 1. The molecule has 4 rings (SSSR count). The number of amides is 1. The van der Waals surface area contributed by atoms with Crippen molar-refractivity contribution < 1.29 is 4.79 Å². The van der Waals surface area contributed by atoms with Gasteiger partial charge in [-0.15, -0.1) is 0 Å². The molecule has 1 aliphatic rings. The van der Waals surface area contributed by atoms with Gasteiger partial charge in [-0.3, -0.25) is 14.8 Å². The lowest BCUT2D eigenvalue weighted by Gasteiger charge is -2.28. The second-order valence-electron chi connectivity index (χ2n) is 7.00. The van der Waals surface area contributed by atoms with Gasteiger partial charge in [0, 0.05) is 31.4 Å². The SMILES string of the molecule is Cc1ccc(-c2n[nH]c(C)n2)c(NC(=O)CN2CCn3c(cnc3C)C2)c1. The molecular weight excluding hydrogens is 342 g/mol. The van der Waals surface area contributed by atoms with E-state index in [0.29, 0.717) is 12.4 Å². The molecule has 2 aromatic heterocycles. The molecule has 140 valence electrons. The van der Waals surface area contributed by atoms with Crippen LogP contribution in [0.25, 0.3) is 11.4 Å². The number of hydrogen-bond donors (Lipinski definition) is 2. The van der Waals surface area contributed by atoms with Crippen LogP contribution < -0.4 is 5.32 Å². The topological polar surface area (TPSA) is 91.7 Å². The molecule has 0 unspecified atom stereocenters. The molecular formula is C19H23N7O. The van der Waals surface area contributed by atoms with Crippen molar-refractivity contribution in [2.24, 2.45) is 0 Å². The molecule has 0 atom stereocenters. The summed E-state index contributed by atoms with van der Waals surface area (Å²) in [6.07, 6.45) is 1.89. The lowest BCUT2D eigenvalue weighted by molar-refractivity contribution is -0.117. The van der Waals surface area contributed by atoms with Crippen LogP contribution in [0.1, 0.15) is 22.9 Å². The van der Waals surface area contributed by atoms with Crippen molar-refractivity contribution in [3.63, 3.8) is 0 Å². The van der Waals surface area contributed by atoms with Crippen molar-refractivity contribution in [2.45, 2.75) is 33.9 Å². The molecule has 0 radical (unpaired) electrons. The number of nitrogens with zero attached hydrogens (tertiary/aromatic N) is 5. The van der Waals surface area contributed by atoms with Crippen LogP contribution in [0.4, 0.5) is 5.69 Å². The minimum Gasteiger partial charge on any atom is -0.330 e. The third kappa shape index (κ3) is 3.61. The lowest BCUT2D eigenvalue weighted by Crippen LogP contribution is -2.39. The van der Waals surface area contributed by atoms with E-state index in [0.717, 1.165) is 53.8 Å². The van der Waals surface area contributed by atoms with Crippen LogP contribution in [-0.4, -0.2) is 48.6 Å². The standard InChI is InChI=1S/C19H23N7O/c1-12-4-5-16(19-21-13(2)23-24-19)17(8-12)22-18(27)11-25-6-7-26-14(3)20-9-15(26)10-25/h4-5,8-9H,6-7,10-11H2,1-3H3,(H,22,27)(H,21,23,24). The fourth-order valence-corrected chi connectivity index (χ4v) is 3.44. The predicted octanol–water partition coefficient (Wildman–Crippen LogP) is 2.05. The van der Waals surface area contributed by atoms with Gasteiger partial charge in [-0.1, -0.05) is 6.07 Å². The first-order valence-electron chi connectivity index (χ1n) is 9.03. The van der Waals surface area contributed by atoms with Crippen LogP contribution in [0, 0.1) is 20.8 Å². The van der Waals surface area contributed by atoms with E-state index in [9.17, 15) is 4.79 Å². The fraction of sp³-hybridized carbons (Fsp3) is 0.368. The molecule has 1 amide bonds. The van der Waals surface area contributed by atoms with E-state index in [1.807, 2.05) is 45.2 Å². The van der Waals surface area contributed by atoms with E-state index >= 15 is 0 Å². The molecule has 0 fully saturated rings. The van der Waals surface area contributed by atoms with Crippen molar-refractivity contribution in [1.82, 2.24) is 29.6 Å². The smallest absolute Gasteiger partial charge is 0.238 e. The molecule has 0 spiro atoms. The first-order chi connectivity index (χ1) is 13.0. The largest absolute Gasteiger partial charge is 0.330 e. The maximum Gasteiger partial charge on any atom is 0.238 e. The van der Waals surface area contributed by atoms with Gasteiger partial charge in [0.2, 0.25) is 5.91 Å². The number of imidazole rings is 1. The van der Waals surface area contributed by atoms with E-state index in [2.05, 4.69) is 34.9 Å². The van der Waals surface area contributed by atoms with Gasteiger partial charge in [0.1, 0.15) is 11.6 Å². The highest BCUT2D eigenvalue weighted by molar-refractivity contribution is 5.96. The summed E-state index contributed by atoms with van der Waals surface area (Å²) >= 11 is 0. The molecule has 27 heavy (non-hydrogen) atoms. The average molecular weight is 365 g/mol. The van der Waals surface area contributed by atoms with Crippen LogP contribution in [-0.2, 0) is 17.9 Å². The Morgan fingerprint density at radius 1 is 1.26 bits per heavy atom. The number of carbonyl (C=O) groups excluding carboxylic acids is 1. The summed E-state index contributed by atoms with van der Waals surface area (Å²) in [5.74, 6) is 2.31. The third-order valence-corrected chi connectivity index (χ3v) is 4.82. The van der Waals surface area contributed by atoms with Crippen LogP contribution in [0.3, 0.4) is 0 Å². The second-order valence-corrected chi connectivity index (χ2v) is 7.00. The van der Waals surface area contributed by atoms with Crippen LogP contribution in [0.15, 0.2) is 24.4 Å². The molecule has 3 heterocycles. The monoisotopic (exact) mass is 365 g/mol. The van der Waals surface area contributed by atoms with Crippen molar-refractivity contribution in [3.8, 4) is 11.4 Å². The number of H-pyrrole nitrogens is 1. The first-order valence-corrected chi connectivity index (χ1v) is 9.03. The summed E-state index contributed by atoms with van der Waals surface area (Å²) in [5.41, 5.74) is 3.76. The van der Waals surface area contributed by atoms with Gasteiger partial charge >= 0.3 is 0 Å². The minimum atomic E-state index is -0.0428. The van der Waals surface area contributed by atoms with Crippen LogP contribution in [0.5, 0.6) is 0 Å². The Balaban J connectivity index is 1.48. The number of anilines is 1. The Bertz CT molecular complexity index is 988. The normalized spacial score (nSPS) is 14.2. The lowest BCUT2D eigenvalue weighted by atomic mass is 10.1. The van der Waals surface area contributed by atoms with E-state index < -0.39 is 0 Å². The zero-order valence-electron chi connectivity index (χ0n) is 15.8. The van der Waals surface area contributed by atoms with E-state index in [1.165, 1.54) is 0 Å². The quantitative estimate of drug-likeness (QED) is 0.738. The third-order valence-electron chi connectivity index (χ3n) is 4.82. The van der Waals surface area contributed by atoms with Crippen molar-refractivity contribution in [2.75, 3.05) is 18.4 Å². The van der Waals surface area contributed by atoms with Gasteiger partial charge in [-0.2, -0.15) is 5.10 Å². The van der Waals surface area contributed by atoms with Crippen molar-refractivity contribution in [1.29, 1.82) is 0 Å². The Morgan fingerprint density at radius 3 is 2.89 bits per heavy atom. The number of aromatic amines is 1. The summed E-state index contributed by atoms with van der Waals surface area (Å²) < 4.78 is 2.21. The zero-order chi connectivity index (χ0) is 19.0. The van der Waals surface area contributed by atoms with E-state index in [4.69, 9.17) is 0 Å². The molecule has 0 saturated heterocycles. The predicted molar refractivity (Wildman–Crippen MR) is 102 cm³/mol. The van der Waals surface area contributed by atoms with E-state index in [-0.39, 0.29) is 5.91 Å². The first kappa shape index (κ1) is 17.4. The van der Waals surface area contributed by atoms with Crippen LogP contribution in [0.2, 0.25) is 0 Å². The molecule has 2 N–H and O–H groups in total. The van der Waals surface area contributed by atoms with Gasteiger partial charge in [0.15, 0.2) is 5.82 Å². The Morgan fingerprint density at radius 2 is 2.11 bits per heavy atom. The van der Waals surface area contributed by atoms with Gasteiger partial charge < -0.3 is 9.88 Å². The number of nitrogens with one attached hydrogen (secondary N) is 2. The molecule has 0 saturated carbocycles. The number of hydrogen-bond acceptors (Lipinski definition) is 5. The second kappa shape index (κ2) is 6.96. The number of fused-ring (bicyclic) bond motifs is 1. The molecule has 8 nitrogen and oxygen atoms in total. The van der Waals surface area contributed by atoms with Crippen molar-refractivity contribution >= 4 is 11.6 Å². The summed E-state index contributed by atoms with van der Waals surface area (Å²) in [5, 5.41) is 10.1. The highest BCUT2D eigenvalue weighted by Crippen LogP contribution is 2.26. The van der Waals surface area contributed by atoms with Crippen LogP contribution >= 0.6 is 0 Å². The molecule has 1 aromatic carbocycles. The molecule has 0 bridgehead atoms. The molecule has 3 aromatic rings. The molecule has 1 aliphatic heterocycles. The highest BCUT2D eigenvalue weighted by Gasteiger charge is 2.21. The number of aryl methyl sites for hydroxylation is 3. The van der Waals surface area contributed by atoms with Gasteiger partial charge in [-0.05, 0) is 38.5 Å². The summed E-state index contributed by atoms with van der Waals surface area (Å²) in [6.45, 7) is 8.62. The molecule has 8 heteroatoms. The average Bonchev–Trinajstić information content (AvgIpc) is 3.21. The summed E-state index contributed by atoms with van der Waals surface area (Å²) in [6, 6.07) is 5.88. The Labute approximate surface area is 157 Å². The maximum absolute atomic E-state index is 12.7. The highest BCUT2D eigenvalue weighted by atomic mass is 16.2. The number of aromatic nitrogens is 5. The summed E-state index contributed by atoms with van der Waals surface area (Å²) in [7, 11) is 0. The maximum atomic E-state index is 12.7. The van der Waals surface area contributed by atoms with Gasteiger partial charge in [-0.25, -0.2) is 9.97 Å². The van der Waals surface area contributed by atoms with Gasteiger partial charge in [0.05, 0.1) is 17.9 Å². The van der Waals surface area contributed by atoms with Gasteiger partial charge in [0.25, 0.3) is 0 Å². The molecule has 0 aliphatic carbocycles. The van der Waals surface area contributed by atoms with Crippen molar-refractivity contribution in [3.05, 3.63) is 47.3 Å².